The molecule has 3 aromatic rings. The van der Waals surface area contributed by atoms with Crippen LogP contribution in [-0.4, -0.2) is 29.2 Å². The van der Waals surface area contributed by atoms with E-state index in [0.717, 1.165) is 22.6 Å². The lowest BCUT2D eigenvalue weighted by atomic mass is 10.2. The molecule has 25 heavy (non-hydrogen) atoms. The number of aryl methyl sites for hydroxylation is 1. The van der Waals surface area contributed by atoms with Crippen LogP contribution in [0.15, 0.2) is 54.7 Å². The maximum absolute atomic E-state index is 12.5. The highest BCUT2D eigenvalue weighted by Crippen LogP contribution is 2.32. The number of carbonyl (C=O) groups excluding carboxylic acids is 1. The first-order chi connectivity index (χ1) is 12.2. The van der Waals surface area contributed by atoms with E-state index in [0.29, 0.717) is 19.5 Å². The molecule has 0 aliphatic carbocycles. The van der Waals surface area contributed by atoms with Crippen LogP contribution in [0.5, 0.6) is 11.5 Å². The van der Waals surface area contributed by atoms with Crippen molar-refractivity contribution in [1.82, 2.24) is 9.47 Å². The maximum atomic E-state index is 12.5. The highest BCUT2D eigenvalue weighted by molar-refractivity contribution is 5.80. The van der Waals surface area contributed by atoms with Crippen LogP contribution >= 0.6 is 0 Å². The number of ether oxygens (including phenoxy) is 2. The molecule has 4 rings (SSSR count). The molecular weight excluding hydrogens is 316 g/mol. The van der Waals surface area contributed by atoms with Gasteiger partial charge in [-0.3, -0.25) is 4.79 Å². The van der Waals surface area contributed by atoms with Crippen LogP contribution in [-0.2, 0) is 17.9 Å². The first-order valence-electron chi connectivity index (χ1n) is 8.37. The molecule has 0 N–H and O–H groups in total. The molecule has 5 heteroatoms. The Hall–Kier alpha value is -2.95. The Morgan fingerprint density at radius 3 is 2.88 bits per heavy atom. The molecule has 0 fully saturated rings. The van der Waals surface area contributed by atoms with E-state index in [1.54, 1.807) is 4.90 Å². The first kappa shape index (κ1) is 15.6. The summed E-state index contributed by atoms with van der Waals surface area (Å²) in [5.41, 5.74) is 2.19. The Morgan fingerprint density at radius 1 is 1.12 bits per heavy atom. The largest absolute Gasteiger partial charge is 0.454 e. The SMILES string of the molecule is CN(Cc1ccc2c(c1)OCO2)C(=O)CCn1ccc2ccccc21. The minimum Gasteiger partial charge on any atom is -0.454 e. The summed E-state index contributed by atoms with van der Waals surface area (Å²) in [5, 5.41) is 1.20. The van der Waals surface area contributed by atoms with Crippen molar-refractivity contribution in [3.63, 3.8) is 0 Å². The van der Waals surface area contributed by atoms with Gasteiger partial charge in [0.2, 0.25) is 12.7 Å². The van der Waals surface area contributed by atoms with E-state index < -0.39 is 0 Å². The maximum Gasteiger partial charge on any atom is 0.231 e. The van der Waals surface area contributed by atoms with Crippen LogP contribution in [0.1, 0.15) is 12.0 Å². The average Bonchev–Trinajstić information content (AvgIpc) is 3.26. The van der Waals surface area contributed by atoms with Crippen molar-refractivity contribution < 1.29 is 14.3 Å². The number of fused-ring (bicyclic) bond motifs is 2. The molecule has 1 amide bonds. The molecule has 1 aliphatic heterocycles. The first-order valence-corrected chi connectivity index (χ1v) is 8.37. The predicted molar refractivity (Wildman–Crippen MR) is 95.6 cm³/mol. The van der Waals surface area contributed by atoms with Crippen molar-refractivity contribution in [2.45, 2.75) is 19.5 Å². The number of para-hydroxylation sites is 1. The number of benzene rings is 2. The van der Waals surface area contributed by atoms with Gasteiger partial charge in [0.15, 0.2) is 11.5 Å². The van der Waals surface area contributed by atoms with Gasteiger partial charge in [-0.25, -0.2) is 0 Å². The minimum absolute atomic E-state index is 0.121. The molecule has 0 bridgehead atoms. The molecule has 0 unspecified atom stereocenters. The second kappa shape index (κ2) is 6.51. The Labute approximate surface area is 146 Å². The smallest absolute Gasteiger partial charge is 0.231 e. The molecule has 2 heterocycles. The molecule has 1 aromatic heterocycles. The monoisotopic (exact) mass is 336 g/mol. The second-order valence-corrected chi connectivity index (χ2v) is 6.26. The van der Waals surface area contributed by atoms with Crippen LogP contribution in [0.4, 0.5) is 0 Å². The lowest BCUT2D eigenvalue weighted by Crippen LogP contribution is -2.27. The molecule has 128 valence electrons. The van der Waals surface area contributed by atoms with E-state index in [-0.39, 0.29) is 12.7 Å². The van der Waals surface area contributed by atoms with Gasteiger partial charge in [-0.15, -0.1) is 0 Å². The standard InChI is InChI=1S/C20H20N2O3/c1-21(13-15-6-7-18-19(12-15)25-14-24-18)20(23)9-11-22-10-8-16-4-2-3-5-17(16)22/h2-8,10,12H,9,11,13-14H2,1H3. The van der Waals surface area contributed by atoms with E-state index >= 15 is 0 Å². The van der Waals surface area contributed by atoms with Gasteiger partial charge in [-0.1, -0.05) is 24.3 Å². The zero-order valence-electron chi connectivity index (χ0n) is 14.1. The topological polar surface area (TPSA) is 43.7 Å². The number of amides is 1. The van der Waals surface area contributed by atoms with Gasteiger partial charge < -0.3 is 18.9 Å². The van der Waals surface area contributed by atoms with Crippen LogP contribution < -0.4 is 9.47 Å². The van der Waals surface area contributed by atoms with Crippen molar-refractivity contribution in [3.8, 4) is 11.5 Å². The van der Waals surface area contributed by atoms with Crippen molar-refractivity contribution >= 4 is 16.8 Å². The zero-order valence-corrected chi connectivity index (χ0v) is 14.1. The number of nitrogens with zero attached hydrogens (tertiary/aromatic N) is 2. The molecule has 0 radical (unpaired) electrons. The Bertz CT molecular complexity index is 916. The number of hydrogen-bond acceptors (Lipinski definition) is 3. The average molecular weight is 336 g/mol. The van der Waals surface area contributed by atoms with Crippen LogP contribution in [0, 0.1) is 0 Å². The molecular formula is C20H20N2O3. The third-order valence-corrected chi connectivity index (χ3v) is 4.53. The van der Waals surface area contributed by atoms with Crippen LogP contribution in [0.3, 0.4) is 0 Å². The number of hydrogen-bond donors (Lipinski definition) is 0. The summed E-state index contributed by atoms with van der Waals surface area (Å²) in [6.45, 7) is 1.50. The highest BCUT2D eigenvalue weighted by Gasteiger charge is 2.15. The summed E-state index contributed by atoms with van der Waals surface area (Å²) in [5.74, 6) is 1.63. The summed E-state index contributed by atoms with van der Waals surface area (Å²) in [6.07, 6.45) is 2.51. The summed E-state index contributed by atoms with van der Waals surface area (Å²) >= 11 is 0. The summed E-state index contributed by atoms with van der Waals surface area (Å²) in [4.78, 5) is 14.2. The van der Waals surface area contributed by atoms with E-state index in [1.807, 2.05) is 43.6 Å². The summed E-state index contributed by atoms with van der Waals surface area (Å²) < 4.78 is 12.8. The third kappa shape index (κ3) is 3.18. The summed E-state index contributed by atoms with van der Waals surface area (Å²) in [6, 6.07) is 16.1. The molecule has 1 aliphatic rings. The van der Waals surface area contributed by atoms with E-state index in [1.165, 1.54) is 5.39 Å². The Morgan fingerprint density at radius 2 is 1.96 bits per heavy atom. The van der Waals surface area contributed by atoms with Gasteiger partial charge in [0.1, 0.15) is 0 Å². The third-order valence-electron chi connectivity index (χ3n) is 4.53. The number of rotatable bonds is 5. The van der Waals surface area contributed by atoms with Crippen molar-refractivity contribution in [2.75, 3.05) is 13.8 Å². The van der Waals surface area contributed by atoms with E-state index in [9.17, 15) is 4.79 Å². The molecule has 0 spiro atoms. The molecule has 5 nitrogen and oxygen atoms in total. The van der Waals surface area contributed by atoms with Gasteiger partial charge in [-0.2, -0.15) is 0 Å². The number of aromatic nitrogens is 1. The Kier molecular flexibility index (Phi) is 4.06. The van der Waals surface area contributed by atoms with E-state index in [4.69, 9.17) is 9.47 Å². The van der Waals surface area contributed by atoms with Gasteiger partial charge in [0, 0.05) is 38.3 Å². The molecule has 0 saturated heterocycles. The Balaban J connectivity index is 1.37. The number of carbonyl (C=O) groups is 1. The zero-order chi connectivity index (χ0) is 17.2. The van der Waals surface area contributed by atoms with Crippen LogP contribution in [0.2, 0.25) is 0 Å². The van der Waals surface area contributed by atoms with Gasteiger partial charge in [-0.05, 0) is 35.2 Å². The molecule has 0 saturated carbocycles. The minimum atomic E-state index is 0.121. The van der Waals surface area contributed by atoms with Gasteiger partial charge in [0.25, 0.3) is 0 Å². The van der Waals surface area contributed by atoms with Crippen molar-refractivity contribution in [1.29, 1.82) is 0 Å². The van der Waals surface area contributed by atoms with Crippen molar-refractivity contribution in [3.05, 3.63) is 60.3 Å². The predicted octanol–water partition coefficient (Wildman–Crippen LogP) is 3.42. The quantitative estimate of drug-likeness (QED) is 0.717. The normalized spacial score (nSPS) is 12.5. The van der Waals surface area contributed by atoms with E-state index in [2.05, 4.69) is 22.8 Å². The second-order valence-electron chi connectivity index (χ2n) is 6.26. The molecule has 2 aromatic carbocycles. The van der Waals surface area contributed by atoms with Gasteiger partial charge >= 0.3 is 0 Å². The van der Waals surface area contributed by atoms with Crippen LogP contribution in [0.25, 0.3) is 10.9 Å². The lowest BCUT2D eigenvalue weighted by molar-refractivity contribution is -0.130. The lowest BCUT2D eigenvalue weighted by Gasteiger charge is -2.18. The highest BCUT2D eigenvalue weighted by atomic mass is 16.7. The fourth-order valence-corrected chi connectivity index (χ4v) is 3.14. The summed E-state index contributed by atoms with van der Waals surface area (Å²) in [7, 11) is 1.83. The fraction of sp³-hybridized carbons (Fsp3) is 0.250. The van der Waals surface area contributed by atoms with Gasteiger partial charge in [0.05, 0.1) is 0 Å². The molecule has 0 atom stereocenters. The van der Waals surface area contributed by atoms with Crippen molar-refractivity contribution in [2.24, 2.45) is 0 Å². The fourth-order valence-electron chi connectivity index (χ4n) is 3.14.